The van der Waals surface area contributed by atoms with E-state index < -0.39 is 17.2 Å². The van der Waals surface area contributed by atoms with Crippen LogP contribution < -0.4 is 19.1 Å². The van der Waals surface area contributed by atoms with E-state index in [0.29, 0.717) is 30.1 Å². The van der Waals surface area contributed by atoms with Gasteiger partial charge in [0.15, 0.2) is 28.7 Å². The van der Waals surface area contributed by atoms with Gasteiger partial charge < -0.3 is 23.8 Å². The number of ether oxygens (including phenoxy) is 4. The molecule has 1 fully saturated rings. The Bertz CT molecular complexity index is 1490. The van der Waals surface area contributed by atoms with E-state index >= 15 is 0 Å². The van der Waals surface area contributed by atoms with Crippen molar-refractivity contribution in [1.82, 2.24) is 0 Å². The molecule has 5 nitrogen and oxygen atoms in total. The standard InChI is InChI=1S/C31H27F2NO4/c1-35-28-9-7-20(17-25(28)32)31(21-8-10-29(36-2)26(33)18-21)12-11-24-22-5-3-4-6-23(22)27(19-30(24)38-31)34-13-15-37-16-14-34/h3-12,17-19H,13-16H2,1-2H3. The summed E-state index contributed by atoms with van der Waals surface area (Å²) in [6.07, 6.45) is 3.84. The smallest absolute Gasteiger partial charge is 0.178 e. The highest BCUT2D eigenvalue weighted by molar-refractivity contribution is 6.02. The molecule has 2 aliphatic heterocycles. The van der Waals surface area contributed by atoms with E-state index in [2.05, 4.69) is 17.0 Å². The zero-order valence-corrected chi connectivity index (χ0v) is 21.2. The molecule has 0 saturated carbocycles. The third kappa shape index (κ3) is 3.94. The Morgan fingerprint density at radius 3 is 1.97 bits per heavy atom. The second-order valence-corrected chi connectivity index (χ2v) is 9.32. The predicted molar refractivity (Wildman–Crippen MR) is 143 cm³/mol. The molecule has 0 spiro atoms. The zero-order valence-electron chi connectivity index (χ0n) is 21.2. The molecular formula is C31H27F2NO4. The fraction of sp³-hybridized carbons (Fsp3) is 0.226. The minimum Gasteiger partial charge on any atom is -0.494 e. The van der Waals surface area contributed by atoms with Crippen molar-refractivity contribution in [3.8, 4) is 17.2 Å². The molecule has 0 amide bonds. The molecule has 194 valence electrons. The first-order chi connectivity index (χ1) is 18.5. The van der Waals surface area contributed by atoms with Crippen molar-refractivity contribution >= 4 is 22.5 Å². The molecule has 4 aromatic carbocycles. The number of methoxy groups -OCH3 is 2. The molecule has 38 heavy (non-hydrogen) atoms. The largest absolute Gasteiger partial charge is 0.494 e. The topological polar surface area (TPSA) is 40.2 Å². The Morgan fingerprint density at radius 1 is 0.789 bits per heavy atom. The van der Waals surface area contributed by atoms with Gasteiger partial charge in [-0.2, -0.15) is 0 Å². The molecule has 0 N–H and O–H groups in total. The van der Waals surface area contributed by atoms with E-state index in [4.69, 9.17) is 18.9 Å². The van der Waals surface area contributed by atoms with E-state index in [0.717, 1.165) is 35.1 Å². The van der Waals surface area contributed by atoms with Crippen molar-refractivity contribution in [3.05, 3.63) is 101 Å². The summed E-state index contributed by atoms with van der Waals surface area (Å²) in [5.74, 6) is -0.210. The van der Waals surface area contributed by atoms with Crippen molar-refractivity contribution < 1.29 is 27.7 Å². The quantitative estimate of drug-likeness (QED) is 0.311. The summed E-state index contributed by atoms with van der Waals surface area (Å²) in [6, 6.07) is 19.6. The van der Waals surface area contributed by atoms with E-state index in [9.17, 15) is 8.78 Å². The van der Waals surface area contributed by atoms with Gasteiger partial charge in [0, 0.05) is 46.9 Å². The molecule has 6 rings (SSSR count). The summed E-state index contributed by atoms with van der Waals surface area (Å²) in [5, 5.41) is 2.15. The van der Waals surface area contributed by atoms with E-state index in [1.165, 1.54) is 26.4 Å². The maximum absolute atomic E-state index is 15.0. The molecule has 0 atom stereocenters. The molecule has 0 radical (unpaired) electrons. The van der Waals surface area contributed by atoms with Crippen LogP contribution in [-0.4, -0.2) is 40.5 Å². The minimum atomic E-state index is -1.29. The van der Waals surface area contributed by atoms with E-state index in [-0.39, 0.29) is 11.5 Å². The van der Waals surface area contributed by atoms with Gasteiger partial charge in [0.2, 0.25) is 0 Å². The third-order valence-corrected chi connectivity index (χ3v) is 7.30. The average Bonchev–Trinajstić information content (AvgIpc) is 2.96. The summed E-state index contributed by atoms with van der Waals surface area (Å²) in [5.41, 5.74) is 1.66. The fourth-order valence-corrected chi connectivity index (χ4v) is 5.36. The first-order valence-electron chi connectivity index (χ1n) is 12.5. The van der Waals surface area contributed by atoms with Crippen LogP contribution in [0.15, 0.2) is 72.8 Å². The molecule has 0 unspecified atom stereocenters. The summed E-state index contributed by atoms with van der Waals surface area (Å²) in [6.45, 7) is 2.81. The molecule has 0 aromatic heterocycles. The Hall–Kier alpha value is -4.10. The van der Waals surface area contributed by atoms with Crippen LogP contribution >= 0.6 is 0 Å². The van der Waals surface area contributed by atoms with Crippen LogP contribution in [0.4, 0.5) is 14.5 Å². The molecule has 2 aliphatic rings. The van der Waals surface area contributed by atoms with Crippen LogP contribution in [0.25, 0.3) is 16.8 Å². The van der Waals surface area contributed by atoms with Gasteiger partial charge in [0.05, 0.1) is 27.4 Å². The van der Waals surface area contributed by atoms with Crippen LogP contribution in [0.5, 0.6) is 17.2 Å². The molecular weight excluding hydrogens is 488 g/mol. The lowest BCUT2D eigenvalue weighted by Gasteiger charge is -2.38. The molecule has 2 heterocycles. The second-order valence-electron chi connectivity index (χ2n) is 9.32. The SMILES string of the molecule is COc1ccc(C2(c3ccc(OC)c(F)c3)C=Cc3c(cc(N4CCOCC4)c4ccccc34)O2)cc1F. The number of morpholine rings is 1. The Morgan fingerprint density at radius 2 is 1.39 bits per heavy atom. The first kappa shape index (κ1) is 24.2. The number of benzene rings is 4. The molecule has 0 bridgehead atoms. The van der Waals surface area contributed by atoms with Gasteiger partial charge in [-0.3, -0.25) is 0 Å². The maximum Gasteiger partial charge on any atom is 0.178 e. The number of anilines is 1. The van der Waals surface area contributed by atoms with Crippen molar-refractivity contribution in [2.75, 3.05) is 45.4 Å². The van der Waals surface area contributed by atoms with Crippen LogP contribution in [0.3, 0.4) is 0 Å². The lowest BCUT2D eigenvalue weighted by molar-refractivity contribution is 0.122. The van der Waals surface area contributed by atoms with Crippen LogP contribution in [-0.2, 0) is 10.3 Å². The number of fused-ring (bicyclic) bond motifs is 3. The van der Waals surface area contributed by atoms with Crippen molar-refractivity contribution in [1.29, 1.82) is 0 Å². The summed E-state index contributed by atoms with van der Waals surface area (Å²) < 4.78 is 52.6. The number of nitrogens with zero attached hydrogens (tertiary/aromatic N) is 1. The van der Waals surface area contributed by atoms with Crippen LogP contribution in [0.1, 0.15) is 16.7 Å². The number of hydrogen-bond acceptors (Lipinski definition) is 5. The molecule has 7 heteroatoms. The normalized spacial score (nSPS) is 16.2. The number of rotatable bonds is 5. The molecule has 0 aliphatic carbocycles. The Balaban J connectivity index is 1.57. The van der Waals surface area contributed by atoms with Crippen molar-refractivity contribution in [2.45, 2.75) is 5.60 Å². The van der Waals surface area contributed by atoms with E-state index in [1.807, 2.05) is 30.4 Å². The summed E-state index contributed by atoms with van der Waals surface area (Å²) >= 11 is 0. The fourth-order valence-electron chi connectivity index (χ4n) is 5.36. The third-order valence-electron chi connectivity index (χ3n) is 7.30. The highest BCUT2D eigenvalue weighted by Gasteiger charge is 2.39. The second kappa shape index (κ2) is 9.65. The highest BCUT2D eigenvalue weighted by Crippen LogP contribution is 2.47. The Labute approximate surface area is 219 Å². The van der Waals surface area contributed by atoms with Crippen LogP contribution in [0, 0.1) is 11.6 Å². The van der Waals surface area contributed by atoms with Crippen molar-refractivity contribution in [2.24, 2.45) is 0 Å². The van der Waals surface area contributed by atoms with Gasteiger partial charge in [0.1, 0.15) is 5.75 Å². The molecule has 4 aromatic rings. The lowest BCUT2D eigenvalue weighted by atomic mass is 9.82. The van der Waals surface area contributed by atoms with Gasteiger partial charge in [-0.05, 0) is 41.8 Å². The monoisotopic (exact) mass is 515 g/mol. The van der Waals surface area contributed by atoms with Crippen molar-refractivity contribution in [3.63, 3.8) is 0 Å². The van der Waals surface area contributed by atoms with Gasteiger partial charge in [0.25, 0.3) is 0 Å². The van der Waals surface area contributed by atoms with E-state index in [1.54, 1.807) is 24.3 Å². The lowest BCUT2D eigenvalue weighted by Crippen LogP contribution is -2.37. The number of halogens is 2. The van der Waals surface area contributed by atoms with Gasteiger partial charge in [-0.15, -0.1) is 0 Å². The van der Waals surface area contributed by atoms with Gasteiger partial charge in [-0.1, -0.05) is 36.4 Å². The van der Waals surface area contributed by atoms with Gasteiger partial charge in [-0.25, -0.2) is 8.78 Å². The predicted octanol–water partition coefficient (Wildman–Crippen LogP) is 6.32. The summed E-state index contributed by atoms with van der Waals surface area (Å²) in [4.78, 5) is 2.29. The van der Waals surface area contributed by atoms with Gasteiger partial charge >= 0.3 is 0 Å². The summed E-state index contributed by atoms with van der Waals surface area (Å²) in [7, 11) is 2.83. The Kier molecular flexibility index (Phi) is 6.16. The number of hydrogen-bond donors (Lipinski definition) is 0. The minimum absolute atomic E-state index is 0.116. The zero-order chi connectivity index (χ0) is 26.3. The maximum atomic E-state index is 15.0. The first-order valence-corrected chi connectivity index (χ1v) is 12.5. The highest BCUT2D eigenvalue weighted by atomic mass is 19.1. The molecule has 1 saturated heterocycles. The average molecular weight is 516 g/mol. The van der Waals surface area contributed by atoms with Crippen LogP contribution in [0.2, 0.25) is 0 Å².